The summed E-state index contributed by atoms with van der Waals surface area (Å²) in [5.74, 6) is 0. The lowest BCUT2D eigenvalue weighted by atomic mass is 9.98. The van der Waals surface area contributed by atoms with Crippen LogP contribution in [0.25, 0.3) is 0 Å². The first-order valence-electron chi connectivity index (χ1n) is 7.86. The van der Waals surface area contributed by atoms with Crippen LogP contribution in [0.2, 0.25) is 0 Å². The Morgan fingerprint density at radius 2 is 1.77 bits per heavy atom. The van der Waals surface area contributed by atoms with Gasteiger partial charge in [0.15, 0.2) is 0 Å². The molecule has 0 aromatic rings. The molecule has 3 atom stereocenters. The summed E-state index contributed by atoms with van der Waals surface area (Å²) in [6, 6.07) is -0.446. The fourth-order valence-corrected chi connectivity index (χ4v) is 6.12. The van der Waals surface area contributed by atoms with E-state index in [1.54, 1.807) is 0 Å². The van der Waals surface area contributed by atoms with Crippen LogP contribution in [-0.2, 0) is 14.0 Å². The van der Waals surface area contributed by atoms with Crippen LogP contribution < -0.4 is 0 Å². The Morgan fingerprint density at radius 3 is 2.18 bits per heavy atom. The quantitative estimate of drug-likeness (QED) is 0.585. The number of ether oxygens (including phenoxy) is 2. The Morgan fingerprint density at radius 1 is 1.23 bits per heavy atom. The number of rotatable bonds is 4. The van der Waals surface area contributed by atoms with Gasteiger partial charge in [0.2, 0.25) is 7.44 Å². The van der Waals surface area contributed by atoms with E-state index in [2.05, 4.69) is 0 Å². The summed E-state index contributed by atoms with van der Waals surface area (Å²) in [6.45, 7) is 13.5. The summed E-state index contributed by atoms with van der Waals surface area (Å²) in [6.07, 6.45) is -0.168. The second-order valence-electron chi connectivity index (χ2n) is 8.15. The van der Waals surface area contributed by atoms with Crippen molar-refractivity contribution in [1.82, 2.24) is 9.34 Å². The first-order chi connectivity index (χ1) is 9.77. The molecule has 1 fully saturated rings. The van der Waals surface area contributed by atoms with E-state index in [1.807, 2.05) is 65.0 Å². The molecule has 0 aromatic carbocycles. The molecule has 5 nitrogen and oxygen atoms in total. The predicted octanol–water partition coefficient (Wildman–Crippen LogP) is 2.55. The molecule has 7 heteroatoms. The molecule has 22 heavy (non-hydrogen) atoms. The van der Waals surface area contributed by atoms with Gasteiger partial charge in [0.05, 0.1) is 18.3 Å². The minimum Gasteiger partial charge on any atom is -0.380 e. The van der Waals surface area contributed by atoms with Crippen molar-refractivity contribution < 1.29 is 14.0 Å². The molecule has 0 spiro atoms. The summed E-state index contributed by atoms with van der Waals surface area (Å²) in [7, 11) is 7.03. The van der Waals surface area contributed by atoms with Crippen molar-refractivity contribution in [2.24, 2.45) is 0 Å². The lowest BCUT2D eigenvalue weighted by Gasteiger charge is -2.48. The van der Waals surface area contributed by atoms with E-state index in [9.17, 15) is 4.57 Å². The van der Waals surface area contributed by atoms with E-state index in [0.29, 0.717) is 19.7 Å². The maximum Gasteiger partial charge on any atom is 0.221 e. The van der Waals surface area contributed by atoms with Gasteiger partial charge in [0.25, 0.3) is 0 Å². The van der Waals surface area contributed by atoms with Crippen molar-refractivity contribution in [3.63, 3.8) is 0 Å². The Balaban J connectivity index is 2.92. The molecule has 0 bridgehead atoms. The van der Waals surface area contributed by atoms with Crippen LogP contribution in [0.5, 0.6) is 0 Å². The van der Waals surface area contributed by atoms with Crippen molar-refractivity contribution in [2.75, 3.05) is 33.8 Å². The molecule has 0 aliphatic carbocycles. The minimum atomic E-state index is -2.74. The molecule has 1 aliphatic rings. The molecule has 0 N–H and O–H groups in total. The lowest BCUT2D eigenvalue weighted by molar-refractivity contribution is -0.103. The average molecular weight is 330 g/mol. The second kappa shape index (κ2) is 6.94. The molecule has 2 radical (unpaired) electrons. The van der Waals surface area contributed by atoms with Crippen LogP contribution in [0.4, 0.5) is 0 Å². The van der Waals surface area contributed by atoms with Crippen molar-refractivity contribution in [2.45, 2.75) is 64.4 Å². The Bertz CT molecular complexity index is 418. The topological polar surface area (TPSA) is 42.0 Å². The fourth-order valence-electron chi connectivity index (χ4n) is 2.78. The highest BCUT2D eigenvalue weighted by atomic mass is 31.2. The predicted molar refractivity (Wildman–Crippen MR) is 92.7 cm³/mol. The van der Waals surface area contributed by atoms with E-state index >= 15 is 0 Å². The molecule has 1 aliphatic heterocycles. The third-order valence-electron chi connectivity index (χ3n) is 3.67. The van der Waals surface area contributed by atoms with Gasteiger partial charge in [-0.25, -0.2) is 9.34 Å². The molecule has 128 valence electrons. The number of morpholine rings is 1. The van der Waals surface area contributed by atoms with Gasteiger partial charge in [-0.3, -0.25) is 4.57 Å². The minimum absolute atomic E-state index is 0.168. The standard InChI is InChI=1S/C15H32BN2O3P/c1-14(2,3)20-11-12-9-18(10-13(16)21-12)22(19,17(7)8)15(4,5)6/h12-13H,9-11H2,1-8H3/t12-,13+,22?/m0/s1. The smallest absolute Gasteiger partial charge is 0.221 e. The van der Waals surface area contributed by atoms with Crippen molar-refractivity contribution in [1.29, 1.82) is 0 Å². The summed E-state index contributed by atoms with van der Waals surface area (Å²) in [5, 5.41) is -0.358. The van der Waals surface area contributed by atoms with Gasteiger partial charge >= 0.3 is 0 Å². The molecule has 1 heterocycles. The van der Waals surface area contributed by atoms with Gasteiger partial charge < -0.3 is 9.47 Å². The lowest BCUT2D eigenvalue weighted by Crippen LogP contribution is -2.52. The van der Waals surface area contributed by atoms with E-state index in [-0.39, 0.29) is 16.9 Å². The van der Waals surface area contributed by atoms with E-state index < -0.39 is 13.4 Å². The first kappa shape index (κ1) is 20.2. The van der Waals surface area contributed by atoms with Gasteiger partial charge in [-0.05, 0) is 34.9 Å². The van der Waals surface area contributed by atoms with Crippen molar-refractivity contribution >= 4 is 15.3 Å². The summed E-state index contributed by atoms with van der Waals surface area (Å²) in [4.78, 5) is 0. The molecular weight excluding hydrogens is 298 g/mol. The number of hydrogen-bond acceptors (Lipinski definition) is 3. The van der Waals surface area contributed by atoms with Gasteiger partial charge in [0.1, 0.15) is 7.85 Å². The third kappa shape index (κ3) is 4.81. The van der Waals surface area contributed by atoms with Gasteiger partial charge in [0, 0.05) is 24.2 Å². The molecule has 1 saturated heterocycles. The molecule has 1 rings (SSSR count). The van der Waals surface area contributed by atoms with E-state index in [4.69, 9.17) is 17.3 Å². The Labute approximate surface area is 137 Å². The largest absolute Gasteiger partial charge is 0.380 e. The van der Waals surface area contributed by atoms with Crippen molar-refractivity contribution in [3.8, 4) is 0 Å². The normalized spacial score (nSPS) is 27.9. The molecule has 1 unspecified atom stereocenters. The van der Waals surface area contributed by atoms with Gasteiger partial charge in [-0.15, -0.1) is 0 Å². The van der Waals surface area contributed by atoms with Gasteiger partial charge in [-0.1, -0.05) is 20.8 Å². The SMILES string of the molecule is [B][C@H]1CN(P(=O)(N(C)C)C(C)(C)C)C[C@@H](COC(C)(C)C)O1. The summed E-state index contributed by atoms with van der Waals surface area (Å²) >= 11 is 0. The summed E-state index contributed by atoms with van der Waals surface area (Å²) in [5.41, 5.74) is -0.231. The van der Waals surface area contributed by atoms with Crippen LogP contribution in [0.1, 0.15) is 41.5 Å². The van der Waals surface area contributed by atoms with E-state index in [0.717, 1.165) is 0 Å². The zero-order valence-corrected chi connectivity index (χ0v) is 16.3. The first-order valence-corrected chi connectivity index (χ1v) is 9.47. The summed E-state index contributed by atoms with van der Waals surface area (Å²) < 4.78 is 29.1. The van der Waals surface area contributed by atoms with E-state index in [1.165, 1.54) is 0 Å². The highest BCUT2D eigenvalue weighted by Crippen LogP contribution is 2.62. The zero-order chi connectivity index (χ0) is 17.3. The highest BCUT2D eigenvalue weighted by Gasteiger charge is 2.46. The second-order valence-corrected chi connectivity index (χ2v) is 11.9. The highest BCUT2D eigenvalue weighted by molar-refractivity contribution is 7.60. The Hall–Kier alpha value is 0.135. The zero-order valence-electron chi connectivity index (χ0n) is 15.4. The maximum absolute atomic E-state index is 13.7. The molecule has 0 saturated carbocycles. The monoisotopic (exact) mass is 330 g/mol. The van der Waals surface area contributed by atoms with Crippen molar-refractivity contribution in [3.05, 3.63) is 0 Å². The number of hydrogen-bond donors (Lipinski definition) is 0. The average Bonchev–Trinajstić information content (AvgIpc) is 2.32. The fraction of sp³-hybridized carbons (Fsp3) is 1.00. The Kier molecular flexibility index (Phi) is 6.37. The van der Waals surface area contributed by atoms with Crippen LogP contribution in [0.15, 0.2) is 0 Å². The van der Waals surface area contributed by atoms with Crippen LogP contribution in [0.3, 0.4) is 0 Å². The third-order valence-corrected chi connectivity index (χ3v) is 7.60. The molecular formula is C15H32BN2O3P. The maximum atomic E-state index is 13.7. The van der Waals surface area contributed by atoms with Crippen LogP contribution >= 0.6 is 7.44 Å². The van der Waals surface area contributed by atoms with Gasteiger partial charge in [-0.2, -0.15) is 0 Å². The van der Waals surface area contributed by atoms with Crippen LogP contribution in [0, 0.1) is 0 Å². The number of nitrogens with zero attached hydrogens (tertiary/aromatic N) is 2. The van der Waals surface area contributed by atoms with Crippen LogP contribution in [-0.4, -0.2) is 73.8 Å². The molecule has 0 amide bonds. The molecule has 0 aromatic heterocycles.